The van der Waals surface area contributed by atoms with Gasteiger partial charge in [-0.05, 0) is 24.6 Å². The van der Waals surface area contributed by atoms with Crippen LogP contribution in [0.1, 0.15) is 17.2 Å². The fraction of sp³-hybridized carbons (Fsp3) is 0.471. The number of nitrogens with one attached hydrogen (secondary N) is 1. The molecular formula is C17H24N6O2. The van der Waals surface area contributed by atoms with E-state index in [4.69, 9.17) is 9.47 Å². The largest absolute Gasteiger partial charge is 0.486 e. The lowest BCUT2D eigenvalue weighted by atomic mass is 10.2. The van der Waals surface area contributed by atoms with E-state index in [0.29, 0.717) is 26.3 Å². The summed E-state index contributed by atoms with van der Waals surface area (Å²) >= 11 is 0. The molecule has 0 saturated heterocycles. The molecule has 0 unspecified atom stereocenters. The monoisotopic (exact) mass is 344 g/mol. The number of guanidine groups is 1. The van der Waals surface area contributed by atoms with Crippen molar-refractivity contribution in [2.75, 3.05) is 27.3 Å². The smallest absolute Gasteiger partial charge is 0.194 e. The van der Waals surface area contributed by atoms with Gasteiger partial charge in [-0.3, -0.25) is 4.99 Å². The molecule has 134 valence electrons. The Kier molecular flexibility index (Phi) is 5.06. The van der Waals surface area contributed by atoms with Gasteiger partial charge >= 0.3 is 0 Å². The number of hydrogen-bond acceptors (Lipinski definition) is 5. The summed E-state index contributed by atoms with van der Waals surface area (Å²) in [5.41, 5.74) is 1.13. The number of ether oxygens (including phenoxy) is 2. The second kappa shape index (κ2) is 7.42. The Balaban J connectivity index is 1.62. The minimum absolute atomic E-state index is 0.565. The van der Waals surface area contributed by atoms with Crippen molar-refractivity contribution in [2.24, 2.45) is 12.0 Å². The molecule has 2 heterocycles. The van der Waals surface area contributed by atoms with Crippen LogP contribution in [0.2, 0.25) is 0 Å². The second-order valence-corrected chi connectivity index (χ2v) is 5.96. The highest BCUT2D eigenvalue weighted by Crippen LogP contribution is 2.31. The topological polar surface area (TPSA) is 76.8 Å². The van der Waals surface area contributed by atoms with Crippen molar-refractivity contribution in [1.29, 1.82) is 0 Å². The summed E-state index contributed by atoms with van der Waals surface area (Å²) in [4.78, 5) is 6.39. The Labute approximate surface area is 147 Å². The average molecular weight is 344 g/mol. The third-order valence-electron chi connectivity index (χ3n) is 4.19. The molecule has 0 fully saturated rings. The van der Waals surface area contributed by atoms with Gasteiger partial charge in [0.15, 0.2) is 23.3 Å². The second-order valence-electron chi connectivity index (χ2n) is 5.96. The van der Waals surface area contributed by atoms with E-state index in [1.807, 2.05) is 43.8 Å². The Morgan fingerprint density at radius 2 is 2.04 bits per heavy atom. The van der Waals surface area contributed by atoms with E-state index < -0.39 is 0 Å². The van der Waals surface area contributed by atoms with Gasteiger partial charge in [0.1, 0.15) is 19.0 Å². The molecule has 1 aromatic heterocycles. The highest BCUT2D eigenvalue weighted by Gasteiger charge is 2.14. The van der Waals surface area contributed by atoms with Crippen LogP contribution in [0.3, 0.4) is 0 Å². The molecule has 25 heavy (non-hydrogen) atoms. The third-order valence-corrected chi connectivity index (χ3v) is 4.19. The average Bonchev–Trinajstić information content (AvgIpc) is 2.94. The van der Waals surface area contributed by atoms with Gasteiger partial charge in [-0.2, -0.15) is 0 Å². The molecule has 1 aliphatic heterocycles. The van der Waals surface area contributed by atoms with Crippen molar-refractivity contribution in [3.8, 4) is 11.5 Å². The minimum Gasteiger partial charge on any atom is -0.486 e. The van der Waals surface area contributed by atoms with E-state index in [9.17, 15) is 0 Å². The van der Waals surface area contributed by atoms with Crippen LogP contribution >= 0.6 is 0 Å². The van der Waals surface area contributed by atoms with Crippen LogP contribution in [0.25, 0.3) is 0 Å². The summed E-state index contributed by atoms with van der Waals surface area (Å²) in [6.45, 7) is 4.39. The van der Waals surface area contributed by atoms with Crippen LogP contribution < -0.4 is 14.8 Å². The van der Waals surface area contributed by atoms with Gasteiger partial charge in [0, 0.05) is 27.7 Å². The number of aliphatic imine (C=N–C) groups is 1. The first kappa shape index (κ1) is 17.1. The first-order chi connectivity index (χ1) is 12.1. The molecule has 0 amide bonds. The molecule has 8 heteroatoms. The first-order valence-corrected chi connectivity index (χ1v) is 8.23. The maximum atomic E-state index is 5.65. The van der Waals surface area contributed by atoms with Gasteiger partial charge in [0.05, 0.1) is 6.54 Å². The zero-order chi connectivity index (χ0) is 17.8. The zero-order valence-corrected chi connectivity index (χ0v) is 15.1. The number of rotatable bonds is 4. The predicted molar refractivity (Wildman–Crippen MR) is 94.8 cm³/mol. The van der Waals surface area contributed by atoms with E-state index in [1.54, 1.807) is 7.05 Å². The summed E-state index contributed by atoms with van der Waals surface area (Å²) < 4.78 is 13.2. The fourth-order valence-electron chi connectivity index (χ4n) is 2.68. The predicted octanol–water partition coefficient (Wildman–Crippen LogP) is 1.10. The Morgan fingerprint density at radius 3 is 2.72 bits per heavy atom. The SMILES string of the molecule is CN=C(NCc1nnc(C)n1C)N(C)Cc1ccc2c(c1)OCCO2. The zero-order valence-electron chi connectivity index (χ0n) is 15.1. The van der Waals surface area contributed by atoms with Gasteiger partial charge in [-0.15, -0.1) is 10.2 Å². The summed E-state index contributed by atoms with van der Waals surface area (Å²) in [6.07, 6.45) is 0. The number of hydrogen-bond donors (Lipinski definition) is 1. The summed E-state index contributed by atoms with van der Waals surface area (Å²) in [5, 5.41) is 11.5. The van der Waals surface area contributed by atoms with Crippen molar-refractivity contribution < 1.29 is 9.47 Å². The standard InChI is InChI=1S/C17H24N6O2/c1-12-20-21-16(23(12)4)10-19-17(18-2)22(3)11-13-5-6-14-15(9-13)25-8-7-24-14/h5-6,9H,7-8,10-11H2,1-4H3,(H,18,19). The lowest BCUT2D eigenvalue weighted by Gasteiger charge is -2.23. The summed E-state index contributed by atoms with van der Waals surface area (Å²) in [7, 11) is 5.71. The van der Waals surface area contributed by atoms with Gasteiger partial charge in [0.2, 0.25) is 0 Å². The lowest BCUT2D eigenvalue weighted by molar-refractivity contribution is 0.171. The first-order valence-electron chi connectivity index (χ1n) is 8.23. The van der Waals surface area contributed by atoms with Gasteiger partial charge in [-0.1, -0.05) is 6.07 Å². The molecule has 0 atom stereocenters. The Morgan fingerprint density at radius 1 is 1.28 bits per heavy atom. The fourth-order valence-corrected chi connectivity index (χ4v) is 2.68. The van der Waals surface area contributed by atoms with Crippen molar-refractivity contribution in [3.05, 3.63) is 35.4 Å². The molecule has 0 spiro atoms. The van der Waals surface area contributed by atoms with Crippen LogP contribution in [-0.4, -0.2) is 52.9 Å². The van der Waals surface area contributed by atoms with Crippen LogP contribution in [-0.2, 0) is 20.1 Å². The van der Waals surface area contributed by atoms with Crippen LogP contribution in [0.4, 0.5) is 0 Å². The summed E-state index contributed by atoms with van der Waals surface area (Å²) in [5.74, 6) is 4.14. The molecular weight excluding hydrogens is 320 g/mol. The van der Waals surface area contributed by atoms with Crippen molar-refractivity contribution in [3.63, 3.8) is 0 Å². The molecule has 8 nitrogen and oxygen atoms in total. The van der Waals surface area contributed by atoms with E-state index in [0.717, 1.165) is 34.7 Å². The molecule has 0 radical (unpaired) electrons. The van der Waals surface area contributed by atoms with Crippen LogP contribution in [0.5, 0.6) is 11.5 Å². The number of aryl methyl sites for hydroxylation is 1. The van der Waals surface area contributed by atoms with E-state index >= 15 is 0 Å². The van der Waals surface area contributed by atoms with Gasteiger partial charge < -0.3 is 24.3 Å². The van der Waals surface area contributed by atoms with E-state index in [-0.39, 0.29) is 0 Å². The molecule has 0 aliphatic carbocycles. The number of benzene rings is 1. The number of nitrogens with zero attached hydrogens (tertiary/aromatic N) is 5. The highest BCUT2D eigenvalue weighted by molar-refractivity contribution is 5.79. The van der Waals surface area contributed by atoms with Crippen molar-refractivity contribution >= 4 is 5.96 Å². The van der Waals surface area contributed by atoms with Crippen molar-refractivity contribution in [1.82, 2.24) is 25.0 Å². The molecule has 0 saturated carbocycles. The molecule has 0 bridgehead atoms. The molecule has 1 aliphatic rings. The van der Waals surface area contributed by atoms with Gasteiger partial charge in [0.25, 0.3) is 0 Å². The maximum Gasteiger partial charge on any atom is 0.194 e. The highest BCUT2D eigenvalue weighted by atomic mass is 16.6. The minimum atomic E-state index is 0.565. The number of aromatic nitrogens is 3. The molecule has 1 aromatic carbocycles. The third kappa shape index (κ3) is 3.84. The van der Waals surface area contributed by atoms with Crippen LogP contribution in [0.15, 0.2) is 23.2 Å². The number of fused-ring (bicyclic) bond motifs is 1. The van der Waals surface area contributed by atoms with Crippen molar-refractivity contribution in [2.45, 2.75) is 20.0 Å². The van der Waals surface area contributed by atoms with E-state index in [2.05, 4.69) is 25.4 Å². The van der Waals surface area contributed by atoms with E-state index in [1.165, 1.54) is 0 Å². The van der Waals surface area contributed by atoms with Gasteiger partial charge in [-0.25, -0.2) is 0 Å². The van der Waals surface area contributed by atoms with Crippen LogP contribution in [0, 0.1) is 6.92 Å². The molecule has 1 N–H and O–H groups in total. The Bertz CT molecular complexity index is 770. The lowest BCUT2D eigenvalue weighted by Crippen LogP contribution is -2.38. The summed E-state index contributed by atoms with van der Waals surface area (Å²) in [6, 6.07) is 6.02. The quantitative estimate of drug-likeness (QED) is 0.661. The molecule has 3 rings (SSSR count). The Hall–Kier alpha value is -2.77. The maximum absolute atomic E-state index is 5.65. The molecule has 2 aromatic rings. The normalized spacial score (nSPS) is 13.7.